The first-order chi connectivity index (χ1) is 17.2. The molecule has 8 nitrogen and oxygen atoms in total. The molecule has 0 spiro atoms. The van der Waals surface area contributed by atoms with Crippen molar-refractivity contribution in [2.24, 2.45) is 0 Å². The molecule has 1 amide bonds. The van der Waals surface area contributed by atoms with Gasteiger partial charge >= 0.3 is 0 Å². The largest absolute Gasteiger partial charge is 0.355 e. The number of fused-ring (bicyclic) bond motifs is 1. The van der Waals surface area contributed by atoms with Crippen molar-refractivity contribution in [2.45, 2.75) is 0 Å². The van der Waals surface area contributed by atoms with E-state index >= 15 is 0 Å². The number of carbonyl (C=O) groups is 1. The van der Waals surface area contributed by atoms with Gasteiger partial charge in [-0.25, -0.2) is 4.98 Å². The highest BCUT2D eigenvalue weighted by molar-refractivity contribution is 6.05. The smallest absolute Gasteiger partial charge is 0.255 e. The summed E-state index contributed by atoms with van der Waals surface area (Å²) in [5, 5.41) is 19.5. The van der Waals surface area contributed by atoms with Crippen LogP contribution in [0.15, 0.2) is 97.6 Å². The average molecular weight is 457 g/mol. The molecule has 0 unspecified atom stereocenters. The maximum Gasteiger partial charge on any atom is 0.255 e. The van der Waals surface area contributed by atoms with Gasteiger partial charge in [0.25, 0.3) is 5.91 Å². The lowest BCUT2D eigenvalue weighted by Crippen LogP contribution is -2.12. The van der Waals surface area contributed by atoms with Crippen molar-refractivity contribution in [1.29, 1.82) is 5.26 Å². The molecule has 0 aliphatic heterocycles. The fourth-order valence-electron chi connectivity index (χ4n) is 3.58. The van der Waals surface area contributed by atoms with Crippen molar-refractivity contribution in [3.63, 3.8) is 0 Å². The maximum absolute atomic E-state index is 12.9. The quantitative estimate of drug-likeness (QED) is 0.302. The van der Waals surface area contributed by atoms with Crippen LogP contribution in [0.2, 0.25) is 0 Å². The zero-order chi connectivity index (χ0) is 24.0. The van der Waals surface area contributed by atoms with Gasteiger partial charge in [-0.1, -0.05) is 6.07 Å². The summed E-state index contributed by atoms with van der Waals surface area (Å²) in [6.45, 7) is 0. The number of rotatable bonds is 6. The zero-order valence-corrected chi connectivity index (χ0v) is 18.4. The van der Waals surface area contributed by atoms with Crippen LogP contribution < -0.4 is 16.0 Å². The average Bonchev–Trinajstić information content (AvgIpc) is 2.89. The number of nitrogens with one attached hydrogen (secondary N) is 3. The summed E-state index contributed by atoms with van der Waals surface area (Å²) in [5.74, 6) is 0.239. The number of hydrogen-bond acceptors (Lipinski definition) is 7. The minimum absolute atomic E-state index is 0.261. The Morgan fingerprint density at radius 3 is 2.46 bits per heavy atom. The molecule has 0 saturated carbocycles. The standard InChI is InChI=1S/C27H19N7O/c28-17-18-4-5-24-23(14-18)25(9-13-30-24)34-26-15-19(6-12-31-26)27(35)33-22-3-1-2-21(16-22)32-20-7-10-29-11-8-20/h1-16H,(H,29,32)(H,33,35)(H,30,31,34). The van der Waals surface area contributed by atoms with Crippen LogP contribution in [0.5, 0.6) is 0 Å². The maximum atomic E-state index is 12.9. The Bertz CT molecular complexity index is 1560. The highest BCUT2D eigenvalue weighted by atomic mass is 16.1. The Morgan fingerprint density at radius 2 is 1.60 bits per heavy atom. The normalized spacial score (nSPS) is 10.4. The molecule has 0 atom stereocenters. The van der Waals surface area contributed by atoms with Gasteiger partial charge in [0, 0.05) is 52.8 Å². The summed E-state index contributed by atoms with van der Waals surface area (Å²) >= 11 is 0. The first-order valence-corrected chi connectivity index (χ1v) is 10.8. The van der Waals surface area contributed by atoms with Crippen LogP contribution in [-0.2, 0) is 0 Å². The third-order valence-electron chi connectivity index (χ3n) is 5.24. The van der Waals surface area contributed by atoms with E-state index in [-0.39, 0.29) is 5.91 Å². The lowest BCUT2D eigenvalue weighted by atomic mass is 10.1. The summed E-state index contributed by atoms with van der Waals surface area (Å²) in [7, 11) is 0. The van der Waals surface area contributed by atoms with Crippen molar-refractivity contribution in [3.05, 3.63) is 109 Å². The summed E-state index contributed by atoms with van der Waals surface area (Å²) in [5.41, 5.74) is 4.88. The number of hydrogen-bond donors (Lipinski definition) is 3. The molecule has 0 aliphatic rings. The second-order valence-corrected chi connectivity index (χ2v) is 7.65. The number of anilines is 5. The number of nitrogens with zero attached hydrogens (tertiary/aromatic N) is 4. The Kier molecular flexibility index (Phi) is 5.96. The predicted molar refractivity (Wildman–Crippen MR) is 136 cm³/mol. The lowest BCUT2D eigenvalue weighted by Gasteiger charge is -2.11. The highest BCUT2D eigenvalue weighted by Gasteiger charge is 2.10. The van der Waals surface area contributed by atoms with Crippen LogP contribution in [0, 0.1) is 11.3 Å². The summed E-state index contributed by atoms with van der Waals surface area (Å²) < 4.78 is 0. The van der Waals surface area contributed by atoms with Gasteiger partial charge in [-0.05, 0) is 66.7 Å². The summed E-state index contributed by atoms with van der Waals surface area (Å²) in [6, 6.07) is 23.8. The molecule has 0 bridgehead atoms. The van der Waals surface area contributed by atoms with Crippen molar-refractivity contribution >= 4 is 45.4 Å². The van der Waals surface area contributed by atoms with Gasteiger partial charge in [0.2, 0.25) is 0 Å². The van der Waals surface area contributed by atoms with Gasteiger partial charge in [0.05, 0.1) is 22.8 Å². The van der Waals surface area contributed by atoms with Crippen molar-refractivity contribution in [2.75, 3.05) is 16.0 Å². The van der Waals surface area contributed by atoms with E-state index in [1.807, 2.05) is 36.4 Å². The van der Waals surface area contributed by atoms with E-state index in [9.17, 15) is 10.1 Å². The van der Waals surface area contributed by atoms with Gasteiger partial charge in [-0.2, -0.15) is 5.26 Å². The summed E-state index contributed by atoms with van der Waals surface area (Å²) in [6.07, 6.45) is 6.67. The fourth-order valence-corrected chi connectivity index (χ4v) is 3.58. The molecule has 0 radical (unpaired) electrons. The minimum atomic E-state index is -0.261. The predicted octanol–water partition coefficient (Wildman–Crippen LogP) is 5.64. The molecule has 168 valence electrons. The number of pyridine rings is 3. The molecule has 0 fully saturated rings. The molecule has 5 aromatic rings. The Balaban J connectivity index is 1.33. The first-order valence-electron chi connectivity index (χ1n) is 10.8. The van der Waals surface area contributed by atoms with Gasteiger partial charge in [-0.3, -0.25) is 14.8 Å². The highest BCUT2D eigenvalue weighted by Crippen LogP contribution is 2.26. The molecule has 35 heavy (non-hydrogen) atoms. The van der Waals surface area contributed by atoms with Gasteiger partial charge in [-0.15, -0.1) is 0 Å². The van der Waals surface area contributed by atoms with E-state index in [0.29, 0.717) is 22.6 Å². The van der Waals surface area contributed by atoms with Gasteiger partial charge in [0.15, 0.2) is 0 Å². The summed E-state index contributed by atoms with van der Waals surface area (Å²) in [4.78, 5) is 25.6. The monoisotopic (exact) mass is 457 g/mol. The van der Waals surface area contributed by atoms with Crippen LogP contribution in [0.4, 0.5) is 28.6 Å². The van der Waals surface area contributed by atoms with Crippen LogP contribution in [0.3, 0.4) is 0 Å². The third-order valence-corrected chi connectivity index (χ3v) is 5.24. The molecule has 3 aromatic heterocycles. The second-order valence-electron chi connectivity index (χ2n) is 7.65. The molecule has 0 saturated heterocycles. The molecule has 0 aliphatic carbocycles. The molecular weight excluding hydrogens is 438 g/mol. The SMILES string of the molecule is N#Cc1ccc2nccc(Nc3cc(C(=O)Nc4cccc(Nc5ccncc5)c4)ccn3)c2c1. The fraction of sp³-hybridized carbons (Fsp3) is 0. The Hall–Kier alpha value is -5.29. The molecule has 3 heterocycles. The zero-order valence-electron chi connectivity index (χ0n) is 18.4. The van der Waals surface area contributed by atoms with Crippen LogP contribution in [0.25, 0.3) is 10.9 Å². The number of benzene rings is 2. The third kappa shape index (κ3) is 5.05. The van der Waals surface area contributed by atoms with E-state index in [2.05, 4.69) is 37.0 Å². The molecular formula is C27H19N7O. The van der Waals surface area contributed by atoms with Crippen molar-refractivity contribution in [3.8, 4) is 6.07 Å². The van der Waals surface area contributed by atoms with Crippen LogP contribution in [0.1, 0.15) is 15.9 Å². The number of carbonyl (C=O) groups excluding carboxylic acids is 1. The lowest BCUT2D eigenvalue weighted by molar-refractivity contribution is 0.102. The topological polar surface area (TPSA) is 116 Å². The number of amides is 1. The van der Waals surface area contributed by atoms with Crippen LogP contribution in [-0.4, -0.2) is 20.9 Å². The number of nitriles is 1. The van der Waals surface area contributed by atoms with E-state index in [1.165, 1.54) is 0 Å². The minimum Gasteiger partial charge on any atom is -0.355 e. The second kappa shape index (κ2) is 9.68. The Labute approximate surface area is 201 Å². The Morgan fingerprint density at radius 1 is 0.771 bits per heavy atom. The van der Waals surface area contributed by atoms with Crippen LogP contribution >= 0.6 is 0 Å². The van der Waals surface area contributed by atoms with Gasteiger partial charge in [0.1, 0.15) is 5.82 Å². The van der Waals surface area contributed by atoms with E-state index < -0.39 is 0 Å². The van der Waals surface area contributed by atoms with Crippen molar-refractivity contribution < 1.29 is 4.79 Å². The van der Waals surface area contributed by atoms with E-state index in [1.54, 1.807) is 61.2 Å². The molecule has 5 rings (SSSR count). The van der Waals surface area contributed by atoms with Crippen molar-refractivity contribution in [1.82, 2.24) is 15.0 Å². The van der Waals surface area contributed by atoms with Gasteiger partial charge < -0.3 is 16.0 Å². The molecule has 3 N–H and O–H groups in total. The molecule has 8 heteroatoms. The van der Waals surface area contributed by atoms with E-state index in [4.69, 9.17) is 0 Å². The van der Waals surface area contributed by atoms with E-state index in [0.717, 1.165) is 28.0 Å². The molecule has 2 aromatic carbocycles. The number of aromatic nitrogens is 3. The first kappa shape index (κ1) is 21.6.